The number of nitrogens with zero attached hydrogens (tertiary/aromatic N) is 2. The molecule has 8 heteroatoms. The Bertz CT molecular complexity index is 1480. The number of benzene rings is 3. The summed E-state index contributed by atoms with van der Waals surface area (Å²) in [5.41, 5.74) is 4.15. The molecule has 0 spiro atoms. The van der Waals surface area contributed by atoms with Gasteiger partial charge in [-0.15, -0.1) is 0 Å². The third kappa shape index (κ3) is 5.37. The Balaban J connectivity index is 1.45. The lowest BCUT2D eigenvalue weighted by Gasteiger charge is -2.14. The van der Waals surface area contributed by atoms with E-state index in [9.17, 15) is 4.79 Å². The summed E-state index contributed by atoms with van der Waals surface area (Å²) in [6, 6.07) is 21.8. The number of carbonyl (C=O) groups is 1. The van der Waals surface area contributed by atoms with Crippen LogP contribution in [0.2, 0.25) is 10.0 Å². The van der Waals surface area contributed by atoms with Crippen LogP contribution in [0.4, 0.5) is 0 Å². The molecule has 4 aromatic rings. The molecule has 176 valence electrons. The summed E-state index contributed by atoms with van der Waals surface area (Å²) in [5.74, 6) is -0.0485. The van der Waals surface area contributed by atoms with Gasteiger partial charge in [0.25, 0.3) is 5.91 Å². The Labute approximate surface area is 231 Å². The maximum Gasteiger partial charge on any atom is 0.266 e. The highest BCUT2D eigenvalue weighted by Crippen LogP contribution is 2.35. The van der Waals surface area contributed by atoms with Crippen LogP contribution in [-0.4, -0.2) is 26.2 Å². The molecule has 2 heterocycles. The van der Waals surface area contributed by atoms with E-state index < -0.39 is 0 Å². The number of hydrogen-bond donors (Lipinski definition) is 0. The zero-order chi connectivity index (χ0) is 24.5. The first-order chi connectivity index (χ1) is 16.9. The molecule has 3 nitrogen and oxygen atoms in total. The maximum absolute atomic E-state index is 13.2. The van der Waals surface area contributed by atoms with E-state index in [1.165, 1.54) is 17.3 Å². The first kappa shape index (κ1) is 24.6. The molecule has 0 radical (unpaired) electrons. The fourth-order valence-electron chi connectivity index (χ4n) is 4.10. The van der Waals surface area contributed by atoms with Crippen LogP contribution in [0.1, 0.15) is 16.7 Å². The number of amides is 1. The molecule has 1 fully saturated rings. The summed E-state index contributed by atoms with van der Waals surface area (Å²) in [7, 11) is 0. The second kappa shape index (κ2) is 10.5. The molecule has 0 saturated carbocycles. The highest BCUT2D eigenvalue weighted by molar-refractivity contribution is 9.10. The number of carbonyl (C=O) groups excluding carboxylic acids is 1. The van der Waals surface area contributed by atoms with Crippen LogP contribution in [0.5, 0.6) is 0 Å². The van der Waals surface area contributed by atoms with E-state index in [0.29, 0.717) is 32.4 Å². The number of thiocarbonyl (C=S) groups is 1. The van der Waals surface area contributed by atoms with Crippen molar-refractivity contribution in [1.82, 2.24) is 9.47 Å². The topological polar surface area (TPSA) is 25.2 Å². The number of rotatable bonds is 6. The van der Waals surface area contributed by atoms with Crippen molar-refractivity contribution in [2.45, 2.75) is 13.0 Å². The standard InChI is InChI=1S/C27H19BrCl2N2OS2/c28-20-7-9-24-22(13-20)19(16-31(24)15-18-6-8-21(29)14-23(18)30)12-25-26(33)32(27(34)35-25)11-10-17-4-2-1-3-5-17/h1-9,12-14,16H,10-11,15H2/b25-12-. The Morgan fingerprint density at radius 1 is 1.03 bits per heavy atom. The van der Waals surface area contributed by atoms with Gasteiger partial charge in [-0.2, -0.15) is 0 Å². The number of hydrogen-bond acceptors (Lipinski definition) is 3. The van der Waals surface area contributed by atoms with Crippen molar-refractivity contribution in [3.63, 3.8) is 0 Å². The maximum atomic E-state index is 13.2. The van der Waals surface area contributed by atoms with Gasteiger partial charge in [-0.25, -0.2) is 0 Å². The summed E-state index contributed by atoms with van der Waals surface area (Å²) < 4.78 is 3.70. The zero-order valence-corrected chi connectivity index (χ0v) is 23.1. The van der Waals surface area contributed by atoms with Gasteiger partial charge in [0.05, 0.1) is 4.91 Å². The number of fused-ring (bicyclic) bond motifs is 1. The molecule has 1 saturated heterocycles. The Kier molecular flexibility index (Phi) is 7.37. The minimum atomic E-state index is -0.0485. The highest BCUT2D eigenvalue weighted by Gasteiger charge is 2.32. The third-order valence-electron chi connectivity index (χ3n) is 5.86. The summed E-state index contributed by atoms with van der Waals surface area (Å²) in [4.78, 5) is 15.5. The number of halogens is 3. The Morgan fingerprint density at radius 2 is 1.83 bits per heavy atom. The van der Waals surface area contributed by atoms with E-state index >= 15 is 0 Å². The van der Waals surface area contributed by atoms with Crippen molar-refractivity contribution in [3.8, 4) is 0 Å². The molecule has 0 atom stereocenters. The van der Waals surface area contributed by atoms with Crippen LogP contribution >= 0.6 is 63.1 Å². The molecule has 0 bridgehead atoms. The number of aromatic nitrogens is 1. The van der Waals surface area contributed by atoms with E-state index in [-0.39, 0.29) is 5.91 Å². The minimum absolute atomic E-state index is 0.0485. The summed E-state index contributed by atoms with van der Waals surface area (Å²) >= 11 is 23.0. The van der Waals surface area contributed by atoms with Gasteiger partial charge in [0.1, 0.15) is 4.32 Å². The summed E-state index contributed by atoms with van der Waals surface area (Å²) in [6.45, 7) is 1.15. The Morgan fingerprint density at radius 3 is 2.60 bits per heavy atom. The molecule has 1 aromatic heterocycles. The van der Waals surface area contributed by atoms with Crippen molar-refractivity contribution in [3.05, 3.63) is 109 Å². The first-order valence-corrected chi connectivity index (χ1v) is 13.7. The van der Waals surface area contributed by atoms with Crippen LogP contribution in [0.3, 0.4) is 0 Å². The summed E-state index contributed by atoms with van der Waals surface area (Å²) in [5, 5.41) is 2.27. The van der Waals surface area contributed by atoms with Crippen LogP contribution in [0.25, 0.3) is 17.0 Å². The second-order valence-corrected chi connectivity index (χ2v) is 11.6. The van der Waals surface area contributed by atoms with E-state index in [0.717, 1.165) is 32.9 Å². The molecule has 1 aliphatic rings. The average Bonchev–Trinajstić information content (AvgIpc) is 3.30. The Hall–Kier alpha value is -2.09. The van der Waals surface area contributed by atoms with E-state index in [1.54, 1.807) is 11.0 Å². The SMILES string of the molecule is O=C1/C(=C/c2cn(Cc3ccc(Cl)cc3Cl)c3ccc(Br)cc23)SC(=S)N1CCc1ccccc1. The van der Waals surface area contributed by atoms with Gasteiger partial charge in [0, 0.05) is 50.3 Å². The third-order valence-corrected chi connectivity index (χ3v) is 8.31. The fourth-order valence-corrected chi connectivity index (χ4v) is 6.22. The number of thioether (sulfide) groups is 1. The van der Waals surface area contributed by atoms with Crippen molar-refractivity contribution < 1.29 is 4.79 Å². The van der Waals surface area contributed by atoms with E-state index in [4.69, 9.17) is 35.4 Å². The first-order valence-electron chi connectivity index (χ1n) is 10.9. The van der Waals surface area contributed by atoms with Crippen LogP contribution in [0.15, 0.2) is 82.3 Å². The second-order valence-electron chi connectivity index (χ2n) is 8.18. The van der Waals surface area contributed by atoms with E-state index in [2.05, 4.69) is 51.0 Å². The average molecular weight is 602 g/mol. The molecule has 5 rings (SSSR count). The molecule has 1 amide bonds. The fraction of sp³-hybridized carbons (Fsp3) is 0.111. The molecular formula is C27H19BrCl2N2OS2. The van der Waals surface area contributed by atoms with E-state index in [1.807, 2.05) is 42.5 Å². The molecule has 0 aliphatic carbocycles. The zero-order valence-electron chi connectivity index (χ0n) is 18.4. The molecule has 35 heavy (non-hydrogen) atoms. The van der Waals surface area contributed by atoms with Gasteiger partial charge < -0.3 is 4.57 Å². The van der Waals surface area contributed by atoms with Crippen molar-refractivity contribution in [1.29, 1.82) is 0 Å². The quantitative estimate of drug-likeness (QED) is 0.164. The van der Waals surface area contributed by atoms with Crippen LogP contribution in [0, 0.1) is 0 Å². The minimum Gasteiger partial charge on any atom is -0.342 e. The predicted octanol–water partition coefficient (Wildman–Crippen LogP) is 8.20. The van der Waals surface area contributed by atoms with Crippen molar-refractivity contribution in [2.75, 3.05) is 6.54 Å². The van der Waals surface area contributed by atoms with Gasteiger partial charge in [-0.05, 0) is 54.0 Å². The smallest absolute Gasteiger partial charge is 0.266 e. The molecule has 3 aromatic carbocycles. The lowest BCUT2D eigenvalue weighted by Crippen LogP contribution is -2.30. The normalized spacial score (nSPS) is 15.1. The largest absolute Gasteiger partial charge is 0.342 e. The van der Waals surface area contributed by atoms with Gasteiger partial charge in [0.2, 0.25) is 0 Å². The monoisotopic (exact) mass is 600 g/mol. The van der Waals surface area contributed by atoms with Gasteiger partial charge in [0.15, 0.2) is 0 Å². The lowest BCUT2D eigenvalue weighted by molar-refractivity contribution is -0.122. The van der Waals surface area contributed by atoms with Gasteiger partial charge >= 0.3 is 0 Å². The van der Waals surface area contributed by atoms with Crippen LogP contribution in [-0.2, 0) is 17.8 Å². The highest BCUT2D eigenvalue weighted by atomic mass is 79.9. The predicted molar refractivity (Wildman–Crippen MR) is 155 cm³/mol. The lowest BCUT2D eigenvalue weighted by atomic mass is 10.1. The van der Waals surface area contributed by atoms with Crippen molar-refractivity contribution in [2.24, 2.45) is 0 Å². The molecule has 1 aliphatic heterocycles. The molecular weight excluding hydrogens is 583 g/mol. The molecule has 0 N–H and O–H groups in total. The van der Waals surface area contributed by atoms with Gasteiger partial charge in [-0.3, -0.25) is 9.69 Å². The summed E-state index contributed by atoms with van der Waals surface area (Å²) in [6.07, 6.45) is 4.75. The van der Waals surface area contributed by atoms with Crippen LogP contribution < -0.4 is 0 Å². The molecule has 0 unspecified atom stereocenters. The van der Waals surface area contributed by atoms with Crippen molar-refractivity contribution >= 4 is 90.3 Å². The van der Waals surface area contributed by atoms with Gasteiger partial charge in [-0.1, -0.05) is 99.5 Å².